The van der Waals surface area contributed by atoms with E-state index >= 15 is 0 Å². The van der Waals surface area contributed by atoms with Crippen LogP contribution < -0.4 is 0 Å². The van der Waals surface area contributed by atoms with Crippen LogP contribution in [-0.4, -0.2) is 15.6 Å². The summed E-state index contributed by atoms with van der Waals surface area (Å²) in [7, 11) is 0. The van der Waals surface area contributed by atoms with Crippen LogP contribution in [0.15, 0.2) is 12.4 Å². The van der Waals surface area contributed by atoms with E-state index in [9.17, 15) is 4.79 Å². The van der Waals surface area contributed by atoms with E-state index in [4.69, 9.17) is 0 Å². The van der Waals surface area contributed by atoms with E-state index in [0.717, 1.165) is 18.5 Å². The van der Waals surface area contributed by atoms with Crippen LogP contribution in [0.3, 0.4) is 0 Å². The first-order valence-corrected chi connectivity index (χ1v) is 8.83. The first-order valence-electron chi connectivity index (χ1n) is 8.83. The van der Waals surface area contributed by atoms with Gasteiger partial charge in [0.25, 0.3) is 0 Å². The van der Waals surface area contributed by atoms with Gasteiger partial charge in [-0.15, -0.1) is 0 Å². The Morgan fingerprint density at radius 3 is 2.10 bits per heavy atom. The zero-order valence-corrected chi connectivity index (χ0v) is 13.9. The van der Waals surface area contributed by atoms with Crippen molar-refractivity contribution in [2.24, 2.45) is 0 Å². The fraction of sp³-hybridized carbons (Fsp3) is 0.778. The third kappa shape index (κ3) is 8.03. The zero-order valence-electron chi connectivity index (χ0n) is 13.9. The van der Waals surface area contributed by atoms with Crippen molar-refractivity contribution in [1.82, 2.24) is 9.78 Å². The van der Waals surface area contributed by atoms with Crippen LogP contribution in [0.1, 0.15) is 94.8 Å². The van der Waals surface area contributed by atoms with E-state index in [0.29, 0.717) is 6.42 Å². The van der Waals surface area contributed by atoms with Crippen molar-refractivity contribution >= 4 is 5.78 Å². The molecule has 120 valence electrons. The Kier molecular flexibility index (Phi) is 9.84. The number of hydrogen-bond acceptors (Lipinski definition) is 2. The Bertz CT molecular complexity index is 384. The zero-order chi connectivity index (χ0) is 15.3. The maximum Gasteiger partial charge on any atom is 0.165 e. The van der Waals surface area contributed by atoms with Gasteiger partial charge in [0.05, 0.1) is 11.8 Å². The van der Waals surface area contributed by atoms with Crippen LogP contribution >= 0.6 is 0 Å². The summed E-state index contributed by atoms with van der Waals surface area (Å²) < 4.78 is 1.91. The van der Waals surface area contributed by atoms with Gasteiger partial charge in [-0.1, -0.05) is 71.6 Å². The number of rotatable bonds is 13. The van der Waals surface area contributed by atoms with Gasteiger partial charge in [-0.25, -0.2) is 0 Å². The topological polar surface area (TPSA) is 34.9 Å². The smallest absolute Gasteiger partial charge is 0.165 e. The summed E-state index contributed by atoms with van der Waals surface area (Å²) in [6, 6.07) is 0. The molecule has 0 radical (unpaired) electrons. The molecule has 0 amide bonds. The number of carbonyl (C=O) groups is 1. The molecule has 0 atom stereocenters. The standard InChI is InChI=1S/C18H32N2O/c1-3-5-6-7-8-9-10-11-12-13-14-20-16-17(15-19-20)18(21)4-2/h15-16H,3-14H2,1-2H3. The molecule has 0 unspecified atom stereocenters. The molecule has 1 heterocycles. The van der Waals surface area contributed by atoms with Crippen LogP contribution in [0.25, 0.3) is 0 Å². The first-order chi connectivity index (χ1) is 10.3. The Morgan fingerprint density at radius 2 is 1.52 bits per heavy atom. The van der Waals surface area contributed by atoms with Gasteiger partial charge in [-0.3, -0.25) is 9.48 Å². The van der Waals surface area contributed by atoms with Gasteiger partial charge < -0.3 is 0 Å². The Balaban J connectivity index is 1.97. The molecule has 21 heavy (non-hydrogen) atoms. The molecule has 0 bridgehead atoms. The second-order valence-electron chi connectivity index (χ2n) is 5.95. The van der Waals surface area contributed by atoms with Crippen LogP contribution in [0.5, 0.6) is 0 Å². The van der Waals surface area contributed by atoms with Crippen LogP contribution in [-0.2, 0) is 6.54 Å². The van der Waals surface area contributed by atoms with E-state index in [-0.39, 0.29) is 5.78 Å². The molecular weight excluding hydrogens is 260 g/mol. The monoisotopic (exact) mass is 292 g/mol. The predicted octanol–water partition coefficient (Wildman–Crippen LogP) is 5.40. The molecule has 0 aliphatic heterocycles. The molecule has 0 saturated carbocycles. The third-order valence-corrected chi connectivity index (χ3v) is 4.02. The number of carbonyl (C=O) groups excluding carboxylic acids is 1. The average molecular weight is 292 g/mol. The largest absolute Gasteiger partial charge is 0.294 e. The minimum absolute atomic E-state index is 0.185. The lowest BCUT2D eigenvalue weighted by Gasteiger charge is -2.03. The minimum atomic E-state index is 0.185. The maximum atomic E-state index is 11.5. The highest BCUT2D eigenvalue weighted by molar-refractivity contribution is 5.95. The van der Waals surface area contributed by atoms with Gasteiger partial charge in [0, 0.05) is 19.2 Å². The Labute approximate surface area is 130 Å². The van der Waals surface area contributed by atoms with Crippen LogP contribution in [0, 0.1) is 0 Å². The van der Waals surface area contributed by atoms with Crippen molar-refractivity contribution in [2.45, 2.75) is 91.0 Å². The fourth-order valence-electron chi connectivity index (χ4n) is 2.60. The number of nitrogens with zero attached hydrogens (tertiary/aromatic N) is 2. The number of aromatic nitrogens is 2. The summed E-state index contributed by atoms with van der Waals surface area (Å²) in [6.07, 6.45) is 17.6. The van der Waals surface area contributed by atoms with Crippen molar-refractivity contribution in [2.75, 3.05) is 0 Å². The van der Waals surface area contributed by atoms with Gasteiger partial charge in [0.1, 0.15) is 0 Å². The molecule has 3 heteroatoms. The second kappa shape index (κ2) is 11.5. The van der Waals surface area contributed by atoms with Crippen LogP contribution in [0.2, 0.25) is 0 Å². The second-order valence-corrected chi connectivity index (χ2v) is 5.95. The average Bonchev–Trinajstić information content (AvgIpc) is 2.97. The summed E-state index contributed by atoms with van der Waals surface area (Å²) in [5, 5.41) is 4.26. The highest BCUT2D eigenvalue weighted by Gasteiger charge is 2.05. The lowest BCUT2D eigenvalue weighted by molar-refractivity contribution is 0.0988. The molecule has 0 spiro atoms. The Morgan fingerprint density at radius 1 is 0.952 bits per heavy atom. The maximum absolute atomic E-state index is 11.5. The lowest BCUT2D eigenvalue weighted by Crippen LogP contribution is -1.99. The third-order valence-electron chi connectivity index (χ3n) is 4.02. The van der Waals surface area contributed by atoms with Crippen molar-refractivity contribution in [3.63, 3.8) is 0 Å². The van der Waals surface area contributed by atoms with E-state index in [1.54, 1.807) is 6.20 Å². The molecular formula is C18H32N2O. The molecule has 1 aromatic rings. The molecule has 0 N–H and O–H groups in total. The van der Waals surface area contributed by atoms with Gasteiger partial charge >= 0.3 is 0 Å². The first kappa shape index (κ1) is 17.9. The van der Waals surface area contributed by atoms with Gasteiger partial charge in [-0.05, 0) is 6.42 Å². The minimum Gasteiger partial charge on any atom is -0.294 e. The summed E-state index contributed by atoms with van der Waals surface area (Å²) in [5.41, 5.74) is 0.754. The lowest BCUT2D eigenvalue weighted by atomic mass is 10.1. The van der Waals surface area contributed by atoms with Crippen molar-refractivity contribution in [1.29, 1.82) is 0 Å². The van der Waals surface area contributed by atoms with Crippen molar-refractivity contribution in [3.8, 4) is 0 Å². The van der Waals surface area contributed by atoms with Gasteiger partial charge in [0.15, 0.2) is 5.78 Å². The van der Waals surface area contributed by atoms with Crippen LogP contribution in [0.4, 0.5) is 0 Å². The Hall–Kier alpha value is -1.12. The molecule has 0 fully saturated rings. The van der Waals surface area contributed by atoms with E-state index in [1.165, 1.54) is 57.8 Å². The summed E-state index contributed by atoms with van der Waals surface area (Å²) >= 11 is 0. The highest BCUT2D eigenvalue weighted by Crippen LogP contribution is 2.11. The summed E-state index contributed by atoms with van der Waals surface area (Å²) in [4.78, 5) is 11.5. The summed E-state index contributed by atoms with van der Waals surface area (Å²) in [6.45, 7) is 5.09. The number of aryl methyl sites for hydroxylation is 1. The van der Waals surface area contributed by atoms with Crippen molar-refractivity contribution < 1.29 is 4.79 Å². The highest BCUT2D eigenvalue weighted by atomic mass is 16.1. The molecule has 0 aromatic carbocycles. The normalized spacial score (nSPS) is 11.0. The van der Waals surface area contributed by atoms with Gasteiger partial charge in [0.2, 0.25) is 0 Å². The SMILES string of the molecule is CCCCCCCCCCCCn1cc(C(=O)CC)cn1. The molecule has 0 aliphatic carbocycles. The number of unbranched alkanes of at least 4 members (excludes halogenated alkanes) is 9. The molecule has 0 saturated heterocycles. The fourth-order valence-corrected chi connectivity index (χ4v) is 2.60. The molecule has 0 aliphatic rings. The van der Waals surface area contributed by atoms with E-state index < -0.39 is 0 Å². The van der Waals surface area contributed by atoms with Crippen molar-refractivity contribution in [3.05, 3.63) is 18.0 Å². The van der Waals surface area contributed by atoms with Gasteiger partial charge in [-0.2, -0.15) is 5.10 Å². The van der Waals surface area contributed by atoms with E-state index in [2.05, 4.69) is 12.0 Å². The number of hydrogen-bond donors (Lipinski definition) is 0. The molecule has 3 nitrogen and oxygen atoms in total. The number of ketones is 1. The molecule has 1 aromatic heterocycles. The quantitative estimate of drug-likeness (QED) is 0.360. The molecule has 1 rings (SSSR count). The number of Topliss-reactive ketones (excluding diaryl/α,β-unsaturated/α-hetero) is 1. The predicted molar refractivity (Wildman–Crippen MR) is 88.7 cm³/mol. The van der Waals surface area contributed by atoms with E-state index in [1.807, 2.05) is 17.8 Å². The summed E-state index contributed by atoms with van der Waals surface area (Å²) in [5.74, 6) is 0.185.